The van der Waals surface area contributed by atoms with Crippen molar-refractivity contribution in [2.45, 2.75) is 10.4 Å². The number of hydrogen-bond donors (Lipinski definition) is 0. The Bertz CT molecular complexity index is 717. The van der Waals surface area contributed by atoms with Crippen molar-refractivity contribution in [1.82, 2.24) is 0 Å². The minimum absolute atomic E-state index is 0.0630. The Morgan fingerprint density at radius 3 is 2.52 bits per heavy atom. The fraction of sp³-hybridized carbons (Fsp3) is 0.300. The van der Waals surface area contributed by atoms with Crippen LogP contribution in [0.2, 0.25) is 5.02 Å². The topological polar surface area (TPSA) is 71.2 Å². The number of sulfone groups is 1. The van der Waals surface area contributed by atoms with Gasteiger partial charge in [-0.15, -0.1) is 10.2 Å². The van der Waals surface area contributed by atoms with Gasteiger partial charge in [-0.05, 0) is 18.2 Å². The molecular formula is C10H7ClF3N3O2S2. The zero-order valence-electron chi connectivity index (χ0n) is 10.1. The van der Waals surface area contributed by atoms with Gasteiger partial charge in [0.15, 0.2) is 0 Å². The summed E-state index contributed by atoms with van der Waals surface area (Å²) >= 11 is 7.12. The molecule has 1 aromatic carbocycles. The molecule has 0 bridgehead atoms. The molecule has 0 unspecified atom stereocenters. The quantitative estimate of drug-likeness (QED) is 0.755. The van der Waals surface area contributed by atoms with Crippen LogP contribution in [0.5, 0.6) is 0 Å². The summed E-state index contributed by atoms with van der Waals surface area (Å²) in [6.07, 6.45) is 0. The Balaban J connectivity index is 2.30. The van der Waals surface area contributed by atoms with E-state index in [1.807, 2.05) is 0 Å². The van der Waals surface area contributed by atoms with Crippen molar-refractivity contribution in [3.8, 4) is 0 Å². The molecule has 0 aromatic heterocycles. The third kappa shape index (κ3) is 3.55. The van der Waals surface area contributed by atoms with E-state index < -0.39 is 20.2 Å². The van der Waals surface area contributed by atoms with Crippen LogP contribution in [0.1, 0.15) is 0 Å². The molecule has 0 saturated heterocycles. The standard InChI is InChI=1S/C10H7ClF3N3O2S2/c11-7-5-6(21(18,19)10(12,13)14)1-2-8(7)16-17-9-15-3-4-20-9/h1-2,5H,3-4H2/b17-16+. The lowest BCUT2D eigenvalue weighted by atomic mass is 10.3. The number of azo groups is 1. The maximum absolute atomic E-state index is 12.4. The summed E-state index contributed by atoms with van der Waals surface area (Å²) in [6.45, 7) is 0.621. The van der Waals surface area contributed by atoms with Crippen LogP contribution in [-0.2, 0) is 9.84 Å². The monoisotopic (exact) mass is 357 g/mol. The van der Waals surface area contributed by atoms with E-state index in [0.717, 1.165) is 17.9 Å². The maximum Gasteiger partial charge on any atom is 0.501 e. The van der Waals surface area contributed by atoms with Crippen LogP contribution in [0, 0.1) is 0 Å². The molecule has 0 aliphatic carbocycles. The first-order chi connectivity index (χ1) is 9.72. The molecule has 1 aromatic rings. The van der Waals surface area contributed by atoms with Gasteiger partial charge in [-0.2, -0.15) is 13.2 Å². The lowest BCUT2D eigenvalue weighted by molar-refractivity contribution is -0.0436. The van der Waals surface area contributed by atoms with E-state index >= 15 is 0 Å². The molecule has 0 atom stereocenters. The number of halogens is 4. The Morgan fingerprint density at radius 2 is 2.00 bits per heavy atom. The van der Waals surface area contributed by atoms with Crippen molar-refractivity contribution in [3.63, 3.8) is 0 Å². The molecule has 1 aliphatic heterocycles. The number of benzene rings is 1. The molecule has 21 heavy (non-hydrogen) atoms. The van der Waals surface area contributed by atoms with Gasteiger partial charge in [0.25, 0.3) is 9.84 Å². The van der Waals surface area contributed by atoms with Crippen molar-refractivity contribution in [3.05, 3.63) is 23.2 Å². The maximum atomic E-state index is 12.4. The van der Waals surface area contributed by atoms with E-state index in [-0.39, 0.29) is 10.7 Å². The number of rotatable bonds is 2. The largest absolute Gasteiger partial charge is 0.501 e. The normalized spacial score (nSPS) is 16.5. The lowest BCUT2D eigenvalue weighted by Gasteiger charge is -2.08. The minimum atomic E-state index is -5.43. The predicted octanol–water partition coefficient (Wildman–Crippen LogP) is 3.82. The van der Waals surface area contributed by atoms with Gasteiger partial charge in [0.2, 0.25) is 5.17 Å². The molecule has 0 N–H and O–H groups in total. The molecule has 0 spiro atoms. The molecule has 11 heteroatoms. The van der Waals surface area contributed by atoms with Crippen LogP contribution in [-0.4, -0.2) is 31.4 Å². The van der Waals surface area contributed by atoms with Crippen molar-refractivity contribution in [1.29, 1.82) is 0 Å². The highest BCUT2D eigenvalue weighted by atomic mass is 35.5. The average Bonchev–Trinajstić information content (AvgIpc) is 2.89. The van der Waals surface area contributed by atoms with Gasteiger partial charge in [0, 0.05) is 5.75 Å². The molecule has 0 saturated carbocycles. The SMILES string of the molecule is O=S(=O)(c1ccc(/N=N/C2=NCCS2)c(Cl)c1)C(F)(F)F. The number of aliphatic imine (C=N–C) groups is 1. The van der Waals surface area contributed by atoms with E-state index in [1.54, 1.807) is 0 Å². The van der Waals surface area contributed by atoms with Gasteiger partial charge >= 0.3 is 5.51 Å². The van der Waals surface area contributed by atoms with Crippen LogP contribution < -0.4 is 0 Å². The molecule has 5 nitrogen and oxygen atoms in total. The van der Waals surface area contributed by atoms with E-state index in [9.17, 15) is 21.6 Å². The van der Waals surface area contributed by atoms with Crippen molar-refractivity contribution >= 4 is 44.1 Å². The molecule has 1 heterocycles. The zero-order chi connectivity index (χ0) is 15.7. The summed E-state index contributed by atoms with van der Waals surface area (Å²) in [5.74, 6) is 0.783. The van der Waals surface area contributed by atoms with Gasteiger partial charge in [0.05, 0.1) is 16.5 Å². The predicted molar refractivity (Wildman–Crippen MR) is 74.0 cm³/mol. The Kier molecular flexibility index (Phi) is 4.59. The van der Waals surface area contributed by atoms with Gasteiger partial charge in [-0.3, -0.25) is 4.99 Å². The fourth-order valence-electron chi connectivity index (χ4n) is 1.35. The number of nitrogens with zero attached hydrogens (tertiary/aromatic N) is 3. The third-order valence-corrected chi connectivity index (χ3v) is 4.99. The first kappa shape index (κ1) is 16.2. The van der Waals surface area contributed by atoms with Crippen molar-refractivity contribution in [2.24, 2.45) is 15.2 Å². The lowest BCUT2D eigenvalue weighted by Crippen LogP contribution is -2.23. The molecular weight excluding hydrogens is 351 g/mol. The van der Waals surface area contributed by atoms with Gasteiger partial charge in [-0.1, -0.05) is 23.4 Å². The summed E-state index contributed by atoms with van der Waals surface area (Å²) < 4.78 is 59.7. The zero-order valence-corrected chi connectivity index (χ0v) is 12.5. The number of amidine groups is 1. The van der Waals surface area contributed by atoms with Crippen LogP contribution >= 0.6 is 23.4 Å². The highest BCUT2D eigenvalue weighted by Crippen LogP contribution is 2.34. The third-order valence-electron chi connectivity index (χ3n) is 2.35. The Hall–Kier alpha value is -1.13. The molecule has 0 fully saturated rings. The fourth-order valence-corrected chi connectivity index (χ4v) is 3.07. The van der Waals surface area contributed by atoms with Gasteiger partial charge in [-0.25, -0.2) is 8.42 Å². The van der Waals surface area contributed by atoms with Crippen LogP contribution in [0.3, 0.4) is 0 Å². The van der Waals surface area contributed by atoms with Crippen molar-refractivity contribution < 1.29 is 21.6 Å². The van der Waals surface area contributed by atoms with E-state index in [0.29, 0.717) is 17.8 Å². The van der Waals surface area contributed by atoms with E-state index in [1.165, 1.54) is 11.8 Å². The summed E-state index contributed by atoms with van der Waals surface area (Å²) in [5, 5.41) is 7.71. The molecule has 0 radical (unpaired) electrons. The van der Waals surface area contributed by atoms with E-state index in [2.05, 4.69) is 15.2 Å². The second kappa shape index (κ2) is 5.93. The highest BCUT2D eigenvalue weighted by molar-refractivity contribution is 8.14. The van der Waals surface area contributed by atoms with Gasteiger partial charge < -0.3 is 0 Å². The van der Waals surface area contributed by atoms with E-state index in [4.69, 9.17) is 11.6 Å². The molecule has 2 rings (SSSR count). The number of thioether (sulfide) groups is 1. The van der Waals surface area contributed by atoms with Crippen LogP contribution in [0.25, 0.3) is 0 Å². The summed E-state index contributed by atoms with van der Waals surface area (Å²) in [6, 6.07) is 2.54. The van der Waals surface area contributed by atoms with Crippen LogP contribution in [0.15, 0.2) is 38.3 Å². The molecule has 114 valence electrons. The van der Waals surface area contributed by atoms with Crippen molar-refractivity contribution in [2.75, 3.05) is 12.3 Å². The number of alkyl halides is 3. The Labute approximate surface area is 127 Å². The number of hydrogen-bond acceptors (Lipinski definition) is 6. The molecule has 1 aliphatic rings. The summed E-state index contributed by atoms with van der Waals surface area (Å²) in [4.78, 5) is 3.06. The first-order valence-electron chi connectivity index (χ1n) is 5.42. The second-order valence-electron chi connectivity index (χ2n) is 3.78. The summed E-state index contributed by atoms with van der Waals surface area (Å²) in [5.41, 5.74) is -5.32. The average molecular weight is 358 g/mol. The molecule has 0 amide bonds. The summed E-state index contributed by atoms with van der Waals surface area (Å²) in [7, 11) is -5.43. The van der Waals surface area contributed by atoms with Crippen LogP contribution in [0.4, 0.5) is 18.9 Å². The minimum Gasteiger partial charge on any atom is -0.258 e. The highest BCUT2D eigenvalue weighted by Gasteiger charge is 2.47. The second-order valence-corrected chi connectivity index (χ2v) is 7.19. The Morgan fingerprint density at radius 1 is 1.29 bits per heavy atom. The smallest absolute Gasteiger partial charge is 0.258 e. The van der Waals surface area contributed by atoms with Gasteiger partial charge in [0.1, 0.15) is 5.69 Å². The first-order valence-corrected chi connectivity index (χ1v) is 8.26.